The molecule has 23 heavy (non-hydrogen) atoms. The molecule has 7 heteroatoms. The van der Waals surface area contributed by atoms with E-state index >= 15 is 0 Å². The molecule has 1 amide bonds. The number of rotatable bonds is 5. The van der Waals surface area contributed by atoms with Crippen molar-refractivity contribution in [2.24, 2.45) is 0 Å². The number of hydrogen-bond acceptors (Lipinski definition) is 4. The highest BCUT2D eigenvalue weighted by atomic mass is 35.5. The molecule has 6 nitrogen and oxygen atoms in total. The fourth-order valence-corrected chi connectivity index (χ4v) is 1.92. The van der Waals surface area contributed by atoms with E-state index in [1.165, 1.54) is 42.7 Å². The molecule has 0 aliphatic carbocycles. The van der Waals surface area contributed by atoms with Crippen LogP contribution in [0.25, 0.3) is 11.3 Å². The summed E-state index contributed by atoms with van der Waals surface area (Å²) in [6.07, 6.45) is -2.46. The van der Waals surface area contributed by atoms with E-state index in [1.54, 1.807) is 6.07 Å². The van der Waals surface area contributed by atoms with E-state index in [0.717, 1.165) is 0 Å². The molecular weight excluding hydrogens is 314 g/mol. The average molecular weight is 332 g/mol. The number of aryl methyl sites for hydroxylation is 1. The number of halogens is 1. The van der Waals surface area contributed by atoms with Crippen molar-refractivity contribution in [1.82, 2.24) is 20.4 Å². The molecule has 0 atom stereocenters. The monoisotopic (exact) mass is 331 g/mol. The predicted molar refractivity (Wildman–Crippen MR) is 88.0 cm³/mol. The van der Waals surface area contributed by atoms with Crippen LogP contribution in [0.15, 0.2) is 48.8 Å². The lowest BCUT2D eigenvalue weighted by atomic mass is 10.1. The van der Waals surface area contributed by atoms with Crippen molar-refractivity contribution in [2.45, 2.75) is 12.7 Å². The molecule has 2 aromatic heterocycles. The fraction of sp³-hybridized carbons (Fsp3) is 0.125. The van der Waals surface area contributed by atoms with Gasteiger partial charge in [0, 0.05) is 28.5 Å². The van der Waals surface area contributed by atoms with E-state index < -0.39 is 18.7 Å². The number of nitrogens with zero attached hydrogens (tertiary/aromatic N) is 3. The fourth-order valence-electron chi connectivity index (χ4n) is 1.79. The Morgan fingerprint density at radius 1 is 1.26 bits per heavy atom. The number of anilines is 1. The summed E-state index contributed by atoms with van der Waals surface area (Å²) in [5, 5.41) is 16.7. The van der Waals surface area contributed by atoms with Gasteiger partial charge in [0.1, 0.15) is 0 Å². The van der Waals surface area contributed by atoms with E-state index in [0.29, 0.717) is 16.3 Å². The molecule has 0 radical (unpaired) electrons. The molecule has 0 aliphatic heterocycles. The Labute approximate surface area is 143 Å². The van der Waals surface area contributed by atoms with Crippen molar-refractivity contribution in [3.63, 3.8) is 0 Å². The van der Waals surface area contributed by atoms with Gasteiger partial charge in [-0.3, -0.25) is 9.89 Å². The maximum atomic E-state index is 12.4. The molecule has 2 N–H and O–H groups in total. The highest BCUT2D eigenvalue weighted by molar-refractivity contribution is 6.30. The maximum Gasteiger partial charge on any atom is 0.225 e. The second kappa shape index (κ2) is 7.02. The van der Waals surface area contributed by atoms with Gasteiger partial charge in [0.15, 0.2) is 5.82 Å². The van der Waals surface area contributed by atoms with Gasteiger partial charge in [-0.15, -0.1) is 0 Å². The second-order valence-corrected chi connectivity index (χ2v) is 4.95. The lowest BCUT2D eigenvalue weighted by Gasteiger charge is -2.02. The number of H-pyrrole nitrogens is 1. The minimum absolute atomic E-state index is 0.00220. The third-order valence-corrected chi connectivity index (χ3v) is 3.13. The summed E-state index contributed by atoms with van der Waals surface area (Å²) < 4.78 is 32.3. The molecule has 0 spiro atoms. The van der Waals surface area contributed by atoms with Gasteiger partial charge >= 0.3 is 0 Å². The first-order valence-electron chi connectivity index (χ1n) is 8.62. The summed E-state index contributed by atoms with van der Waals surface area (Å²) >= 11 is 5.78. The molecule has 0 fully saturated rings. The van der Waals surface area contributed by atoms with Gasteiger partial charge in [0.25, 0.3) is 0 Å². The molecule has 0 aliphatic rings. The van der Waals surface area contributed by atoms with Crippen molar-refractivity contribution >= 4 is 23.3 Å². The van der Waals surface area contributed by atoms with Gasteiger partial charge in [-0.05, 0) is 30.1 Å². The number of benzene rings is 1. The first-order valence-corrected chi connectivity index (χ1v) is 6.99. The van der Waals surface area contributed by atoms with Crippen molar-refractivity contribution in [3.8, 4) is 11.3 Å². The smallest absolute Gasteiger partial charge is 0.225 e. The van der Waals surface area contributed by atoms with Crippen LogP contribution < -0.4 is 5.32 Å². The minimum Gasteiger partial charge on any atom is -0.309 e. The van der Waals surface area contributed by atoms with Gasteiger partial charge in [0.05, 0.1) is 18.1 Å². The lowest BCUT2D eigenvalue weighted by Crippen LogP contribution is -2.12. The van der Waals surface area contributed by atoms with E-state index in [9.17, 15) is 4.79 Å². The first-order chi connectivity index (χ1) is 12.7. The normalized spacial score (nSPS) is 14.3. The van der Waals surface area contributed by atoms with Crippen molar-refractivity contribution < 1.29 is 10.3 Å². The zero-order chi connectivity index (χ0) is 19.7. The Morgan fingerprint density at radius 3 is 2.83 bits per heavy atom. The van der Waals surface area contributed by atoms with Gasteiger partial charge < -0.3 is 5.32 Å². The van der Waals surface area contributed by atoms with E-state index in [-0.39, 0.29) is 11.4 Å². The van der Waals surface area contributed by atoms with Crippen LogP contribution in [0.4, 0.5) is 5.82 Å². The standard InChI is InChI=1S/C16H14ClN5O/c17-13-4-1-11(2-5-13)3-6-16(23)20-15-9-14(21-22-15)12-7-8-18-19-10-12/h1-2,4-5,7-10H,3,6H2,(H2,20,21,22,23)/i3D2,6D2. The summed E-state index contributed by atoms with van der Waals surface area (Å²) in [6.45, 7) is 0. The quantitative estimate of drug-likeness (QED) is 0.752. The second-order valence-electron chi connectivity index (χ2n) is 4.51. The van der Waals surface area contributed by atoms with E-state index in [1.807, 2.05) is 0 Å². The van der Waals surface area contributed by atoms with Crippen LogP contribution in [0, 0.1) is 0 Å². The molecule has 116 valence electrons. The SMILES string of the molecule is [2H]C([2H])(C(=O)Nc1cc(-c2ccnnc2)[nH]n1)C([2H])([2H])c1ccc(Cl)cc1. The third kappa shape index (κ3) is 4.14. The molecule has 0 bridgehead atoms. The Bertz CT molecular complexity index is 947. The first kappa shape index (κ1) is 10.9. The van der Waals surface area contributed by atoms with Gasteiger partial charge in [-0.1, -0.05) is 23.7 Å². The Morgan fingerprint density at radius 2 is 2.09 bits per heavy atom. The van der Waals surface area contributed by atoms with Gasteiger partial charge in [-0.2, -0.15) is 15.3 Å². The number of aromatic nitrogens is 4. The number of nitrogens with one attached hydrogen (secondary N) is 2. The molecule has 0 unspecified atom stereocenters. The molecule has 1 aromatic carbocycles. The van der Waals surface area contributed by atoms with Crippen molar-refractivity contribution in [3.05, 3.63) is 59.4 Å². The van der Waals surface area contributed by atoms with Crippen LogP contribution in [0.1, 0.15) is 17.4 Å². The topological polar surface area (TPSA) is 83.6 Å². The number of aromatic amines is 1. The Hall–Kier alpha value is -2.73. The van der Waals surface area contributed by atoms with E-state index in [4.69, 9.17) is 17.1 Å². The minimum atomic E-state index is -2.86. The van der Waals surface area contributed by atoms with Gasteiger partial charge in [0.2, 0.25) is 5.91 Å². The Kier molecular flexibility index (Phi) is 3.33. The largest absolute Gasteiger partial charge is 0.309 e. The van der Waals surface area contributed by atoms with Crippen LogP contribution in [0.3, 0.4) is 0 Å². The van der Waals surface area contributed by atoms with Crippen LogP contribution >= 0.6 is 11.6 Å². The molecule has 3 aromatic rings. The van der Waals surface area contributed by atoms with Crippen LogP contribution in [0.5, 0.6) is 0 Å². The van der Waals surface area contributed by atoms with Crippen molar-refractivity contribution in [1.29, 1.82) is 0 Å². The molecule has 3 rings (SSSR count). The summed E-state index contributed by atoms with van der Waals surface area (Å²) in [7, 11) is 0. The van der Waals surface area contributed by atoms with Gasteiger partial charge in [-0.25, -0.2) is 0 Å². The van der Waals surface area contributed by atoms with Crippen LogP contribution in [-0.4, -0.2) is 26.3 Å². The average Bonchev–Trinajstić information content (AvgIpc) is 3.11. The summed E-state index contributed by atoms with van der Waals surface area (Å²) in [5.74, 6) is -1.10. The summed E-state index contributed by atoms with van der Waals surface area (Å²) in [6, 6.07) is 8.73. The number of carbonyl (C=O) groups is 1. The summed E-state index contributed by atoms with van der Waals surface area (Å²) in [4.78, 5) is 12.4. The van der Waals surface area contributed by atoms with E-state index in [2.05, 4.69) is 25.7 Å². The number of hydrogen-bond donors (Lipinski definition) is 2. The predicted octanol–water partition coefficient (Wildman–Crippen LogP) is 3.09. The van der Waals surface area contributed by atoms with Crippen LogP contribution in [0.2, 0.25) is 5.02 Å². The zero-order valence-corrected chi connectivity index (χ0v) is 12.5. The maximum absolute atomic E-state index is 12.4. The zero-order valence-electron chi connectivity index (χ0n) is 15.7. The third-order valence-electron chi connectivity index (χ3n) is 2.88. The van der Waals surface area contributed by atoms with Crippen molar-refractivity contribution in [2.75, 3.05) is 5.32 Å². The lowest BCUT2D eigenvalue weighted by molar-refractivity contribution is -0.116. The highest BCUT2D eigenvalue weighted by Crippen LogP contribution is 2.18. The van der Waals surface area contributed by atoms with Crippen LogP contribution in [-0.2, 0) is 11.2 Å². The Balaban J connectivity index is 1.80. The molecule has 0 saturated carbocycles. The number of amides is 1. The molecule has 2 heterocycles. The summed E-state index contributed by atoms with van der Waals surface area (Å²) in [5.41, 5.74) is 1.22. The molecule has 0 saturated heterocycles. The molecular formula is C16H14ClN5O. The number of carbonyl (C=O) groups excluding carboxylic acids is 1. The highest BCUT2D eigenvalue weighted by Gasteiger charge is 2.08.